The average Bonchev–Trinajstić information content (AvgIpc) is 3.24. The average molecular weight is 398 g/mol. The fourth-order valence-corrected chi connectivity index (χ4v) is 3.35. The number of aromatic nitrogens is 2. The zero-order valence-corrected chi connectivity index (χ0v) is 16.7. The monoisotopic (exact) mass is 397 g/mol. The molecular weight excluding hydrogens is 374 g/mol. The van der Waals surface area contributed by atoms with Gasteiger partial charge in [-0.15, -0.1) is 11.3 Å². The lowest BCUT2D eigenvalue weighted by molar-refractivity contribution is -0.127. The maximum atomic E-state index is 12.3. The molecule has 0 fully saturated rings. The Balaban J connectivity index is 1.53. The van der Waals surface area contributed by atoms with E-state index in [9.17, 15) is 9.59 Å². The normalized spacial score (nSPS) is 11.8. The van der Waals surface area contributed by atoms with Gasteiger partial charge in [-0.3, -0.25) is 9.59 Å². The van der Waals surface area contributed by atoms with Crippen molar-refractivity contribution in [3.63, 3.8) is 0 Å². The Bertz CT molecular complexity index is 965. The van der Waals surface area contributed by atoms with Gasteiger partial charge in [0.15, 0.2) is 6.10 Å². The highest BCUT2D eigenvalue weighted by Gasteiger charge is 2.14. The van der Waals surface area contributed by atoms with E-state index in [1.54, 1.807) is 24.3 Å². The number of benzene rings is 1. The van der Waals surface area contributed by atoms with E-state index in [0.717, 1.165) is 17.0 Å². The number of rotatable bonds is 8. The van der Waals surface area contributed by atoms with Gasteiger partial charge in [0.1, 0.15) is 11.4 Å². The van der Waals surface area contributed by atoms with E-state index in [0.29, 0.717) is 18.8 Å². The van der Waals surface area contributed by atoms with Gasteiger partial charge in [0.2, 0.25) is 0 Å². The highest BCUT2D eigenvalue weighted by atomic mass is 32.1. The van der Waals surface area contributed by atoms with Crippen molar-refractivity contribution in [1.82, 2.24) is 15.1 Å². The molecule has 0 aliphatic heterocycles. The predicted molar refractivity (Wildman–Crippen MR) is 111 cm³/mol. The van der Waals surface area contributed by atoms with Crippen LogP contribution < -0.4 is 15.6 Å². The van der Waals surface area contributed by atoms with Crippen LogP contribution in [0, 0.1) is 0 Å². The summed E-state index contributed by atoms with van der Waals surface area (Å²) in [5.74, 6) is 0.420. The Labute approximate surface area is 167 Å². The lowest BCUT2D eigenvalue weighted by Gasteiger charge is -2.15. The summed E-state index contributed by atoms with van der Waals surface area (Å²) in [6, 6.07) is 14.8. The second kappa shape index (κ2) is 9.32. The second-order valence-corrected chi connectivity index (χ2v) is 7.25. The Morgan fingerprint density at radius 3 is 2.68 bits per heavy atom. The summed E-state index contributed by atoms with van der Waals surface area (Å²) >= 11 is 1.56. The molecule has 0 aliphatic carbocycles. The number of hydrogen-bond donors (Lipinski definition) is 1. The summed E-state index contributed by atoms with van der Waals surface area (Å²) in [4.78, 5) is 25.3. The largest absolute Gasteiger partial charge is 0.481 e. The summed E-state index contributed by atoms with van der Waals surface area (Å²) in [6.07, 6.45) is 0.326. The van der Waals surface area contributed by atoms with Crippen molar-refractivity contribution in [3.05, 3.63) is 69.8 Å². The molecule has 2 heterocycles. The molecule has 7 heteroatoms. The molecule has 3 rings (SSSR count). The number of aryl methyl sites for hydroxylation is 1. The molecule has 146 valence electrons. The first kappa shape index (κ1) is 19.8. The molecule has 2 aromatic heterocycles. The van der Waals surface area contributed by atoms with Crippen LogP contribution in [-0.4, -0.2) is 28.3 Å². The molecule has 6 nitrogen and oxygen atoms in total. The Kier molecular flexibility index (Phi) is 6.60. The van der Waals surface area contributed by atoms with Gasteiger partial charge in [0, 0.05) is 12.6 Å². The van der Waals surface area contributed by atoms with Gasteiger partial charge in [-0.05, 0) is 48.6 Å². The highest BCUT2D eigenvalue weighted by Crippen LogP contribution is 2.21. The van der Waals surface area contributed by atoms with Crippen LogP contribution in [0.3, 0.4) is 0 Å². The maximum absolute atomic E-state index is 12.3. The minimum Gasteiger partial charge on any atom is -0.481 e. The third-order valence-corrected chi connectivity index (χ3v) is 5.17. The van der Waals surface area contributed by atoms with Crippen molar-refractivity contribution < 1.29 is 9.53 Å². The number of carbonyl (C=O) groups is 1. The van der Waals surface area contributed by atoms with Crippen LogP contribution in [0.4, 0.5) is 0 Å². The van der Waals surface area contributed by atoms with E-state index in [2.05, 4.69) is 17.3 Å². The molecule has 0 saturated carbocycles. The molecule has 1 amide bonds. The van der Waals surface area contributed by atoms with Crippen molar-refractivity contribution in [3.8, 4) is 16.3 Å². The molecule has 28 heavy (non-hydrogen) atoms. The molecule has 1 atom stereocenters. The quantitative estimate of drug-likeness (QED) is 0.634. The zero-order valence-electron chi connectivity index (χ0n) is 15.9. The lowest BCUT2D eigenvalue weighted by atomic mass is 10.2. The van der Waals surface area contributed by atoms with Crippen molar-refractivity contribution >= 4 is 17.2 Å². The zero-order chi connectivity index (χ0) is 19.9. The van der Waals surface area contributed by atoms with E-state index in [1.165, 1.54) is 16.3 Å². The van der Waals surface area contributed by atoms with Crippen LogP contribution in [0.25, 0.3) is 10.6 Å². The number of hydrogen-bond acceptors (Lipinski definition) is 5. The molecule has 0 spiro atoms. The van der Waals surface area contributed by atoms with Crippen molar-refractivity contribution in [2.45, 2.75) is 32.9 Å². The molecule has 1 aromatic carbocycles. The van der Waals surface area contributed by atoms with Crippen LogP contribution >= 0.6 is 11.3 Å². The van der Waals surface area contributed by atoms with E-state index in [4.69, 9.17) is 4.74 Å². The second-order valence-electron chi connectivity index (χ2n) is 6.31. The molecule has 0 saturated heterocycles. The smallest absolute Gasteiger partial charge is 0.266 e. The van der Waals surface area contributed by atoms with Crippen molar-refractivity contribution in [2.75, 3.05) is 6.54 Å². The summed E-state index contributed by atoms with van der Waals surface area (Å²) in [6.45, 7) is 4.37. The van der Waals surface area contributed by atoms with Crippen molar-refractivity contribution in [1.29, 1.82) is 0 Å². The van der Waals surface area contributed by atoms with Crippen LogP contribution in [0.15, 0.2) is 58.7 Å². The number of nitrogens with one attached hydrogen (secondary N) is 1. The van der Waals surface area contributed by atoms with Crippen molar-refractivity contribution in [2.24, 2.45) is 0 Å². The van der Waals surface area contributed by atoms with Crippen LogP contribution in [0.1, 0.15) is 19.4 Å². The van der Waals surface area contributed by atoms with Crippen LogP contribution in [-0.2, 0) is 17.8 Å². The Morgan fingerprint density at radius 2 is 2.00 bits per heavy atom. The molecule has 3 aromatic rings. The summed E-state index contributed by atoms with van der Waals surface area (Å²) < 4.78 is 7.04. The number of carbonyl (C=O) groups excluding carboxylic acids is 1. The van der Waals surface area contributed by atoms with Crippen LogP contribution in [0.5, 0.6) is 5.75 Å². The molecular formula is C21H23N3O3S. The first-order chi connectivity index (χ1) is 13.6. The minimum atomic E-state index is -0.630. The van der Waals surface area contributed by atoms with E-state index >= 15 is 0 Å². The molecule has 0 bridgehead atoms. The van der Waals surface area contributed by atoms with E-state index in [1.807, 2.05) is 41.8 Å². The summed E-state index contributed by atoms with van der Waals surface area (Å²) in [5.41, 5.74) is 1.76. The van der Waals surface area contributed by atoms with Gasteiger partial charge in [-0.2, -0.15) is 5.10 Å². The maximum Gasteiger partial charge on any atom is 0.266 e. The highest BCUT2D eigenvalue weighted by molar-refractivity contribution is 7.13. The van der Waals surface area contributed by atoms with Crippen LogP contribution in [0.2, 0.25) is 0 Å². The predicted octanol–water partition coefficient (Wildman–Crippen LogP) is 3.12. The van der Waals surface area contributed by atoms with Gasteiger partial charge in [0.25, 0.3) is 11.5 Å². The topological polar surface area (TPSA) is 73.2 Å². The minimum absolute atomic E-state index is 0.199. The van der Waals surface area contributed by atoms with E-state index in [-0.39, 0.29) is 11.5 Å². The summed E-state index contributed by atoms with van der Waals surface area (Å²) in [7, 11) is 0. The number of ether oxygens (including phenoxy) is 1. The van der Waals surface area contributed by atoms with Gasteiger partial charge < -0.3 is 10.1 Å². The number of thiophene rings is 1. The first-order valence-electron chi connectivity index (χ1n) is 9.22. The third kappa shape index (κ3) is 5.07. The lowest BCUT2D eigenvalue weighted by Crippen LogP contribution is -2.39. The number of nitrogens with zero attached hydrogens (tertiary/aromatic N) is 2. The molecule has 0 aliphatic rings. The first-order valence-corrected chi connectivity index (χ1v) is 10.1. The molecule has 1 unspecified atom stereocenters. The Hall–Kier alpha value is -2.93. The third-order valence-electron chi connectivity index (χ3n) is 4.28. The fraction of sp³-hybridized carbons (Fsp3) is 0.286. The van der Waals surface area contributed by atoms with E-state index < -0.39 is 6.10 Å². The van der Waals surface area contributed by atoms with Gasteiger partial charge >= 0.3 is 0 Å². The standard InChI is InChI=1S/C21H23N3O3S/c1-3-16-6-8-17(9-7-16)27-15(2)21(26)22-12-13-24-20(25)11-10-18(23-24)19-5-4-14-28-19/h4-11,14-15H,3,12-13H2,1-2H3,(H,22,26). The molecule has 0 radical (unpaired) electrons. The summed E-state index contributed by atoms with van der Waals surface area (Å²) in [5, 5.41) is 9.13. The van der Waals surface area contributed by atoms with Gasteiger partial charge in [-0.25, -0.2) is 4.68 Å². The van der Waals surface area contributed by atoms with Gasteiger partial charge in [0.05, 0.1) is 11.4 Å². The Morgan fingerprint density at radius 1 is 1.21 bits per heavy atom. The number of amides is 1. The molecule has 1 N–H and O–H groups in total. The fourth-order valence-electron chi connectivity index (χ4n) is 2.65. The SMILES string of the molecule is CCc1ccc(OC(C)C(=O)NCCn2nc(-c3cccs3)ccc2=O)cc1. The van der Waals surface area contributed by atoms with Gasteiger partial charge in [-0.1, -0.05) is 25.1 Å².